The van der Waals surface area contributed by atoms with E-state index in [-0.39, 0.29) is 17.0 Å². The minimum Gasteiger partial charge on any atom is -0.507 e. The van der Waals surface area contributed by atoms with Crippen molar-refractivity contribution >= 4 is 28.8 Å². The highest BCUT2D eigenvalue weighted by atomic mass is 16.6. The van der Waals surface area contributed by atoms with Crippen molar-refractivity contribution in [1.82, 2.24) is 0 Å². The van der Waals surface area contributed by atoms with Crippen molar-refractivity contribution in [2.45, 2.75) is 13.0 Å². The average Bonchev–Trinajstić information content (AvgIpc) is 3.04. The molecule has 0 aliphatic carbocycles. The van der Waals surface area contributed by atoms with Gasteiger partial charge in [0.15, 0.2) is 0 Å². The Balaban J connectivity index is 1.94. The fourth-order valence-corrected chi connectivity index (χ4v) is 3.72. The van der Waals surface area contributed by atoms with Gasteiger partial charge in [-0.1, -0.05) is 42.5 Å². The minimum atomic E-state index is -0.928. The molecule has 1 amide bonds. The minimum absolute atomic E-state index is 0.0634. The summed E-state index contributed by atoms with van der Waals surface area (Å²) in [5.41, 5.74) is 2.09. The smallest absolute Gasteiger partial charge is 0.300 e. The van der Waals surface area contributed by atoms with E-state index in [1.54, 1.807) is 48.5 Å². The second kappa shape index (κ2) is 7.87. The summed E-state index contributed by atoms with van der Waals surface area (Å²) in [5.74, 6) is -1.88. The number of amides is 1. The number of aliphatic hydroxyl groups is 1. The van der Waals surface area contributed by atoms with Crippen LogP contribution in [-0.2, 0) is 9.59 Å². The van der Waals surface area contributed by atoms with Crippen molar-refractivity contribution < 1.29 is 19.6 Å². The van der Waals surface area contributed by atoms with Gasteiger partial charge in [0.25, 0.3) is 17.4 Å². The molecule has 7 nitrogen and oxygen atoms in total. The van der Waals surface area contributed by atoms with Crippen LogP contribution >= 0.6 is 0 Å². The first-order chi connectivity index (χ1) is 14.9. The van der Waals surface area contributed by atoms with E-state index in [1.807, 2.05) is 13.0 Å². The highest BCUT2D eigenvalue weighted by molar-refractivity contribution is 6.51. The molecule has 154 valence electrons. The number of Topliss-reactive ketones (excluding diaryl/α,β-unsaturated/α-hetero) is 1. The largest absolute Gasteiger partial charge is 0.507 e. The SMILES string of the molecule is Cc1cccc(N2C(=O)C(=O)C(=C(O)c3ccccc3)[C@@H]2c2ccc([N+](=O)[O-])cc2)c1. The summed E-state index contributed by atoms with van der Waals surface area (Å²) in [7, 11) is 0. The predicted molar refractivity (Wildman–Crippen MR) is 116 cm³/mol. The lowest BCUT2D eigenvalue weighted by Gasteiger charge is -2.25. The monoisotopic (exact) mass is 414 g/mol. The number of benzene rings is 3. The van der Waals surface area contributed by atoms with Gasteiger partial charge in [0, 0.05) is 23.4 Å². The summed E-state index contributed by atoms with van der Waals surface area (Å²) >= 11 is 0. The first kappa shape index (κ1) is 20.0. The zero-order valence-corrected chi connectivity index (χ0v) is 16.6. The maximum Gasteiger partial charge on any atom is 0.300 e. The van der Waals surface area contributed by atoms with Crippen LogP contribution in [-0.4, -0.2) is 21.7 Å². The normalized spacial score (nSPS) is 17.7. The molecule has 0 radical (unpaired) electrons. The molecule has 3 aromatic rings. The number of carbonyl (C=O) groups is 2. The van der Waals surface area contributed by atoms with Gasteiger partial charge in [-0.2, -0.15) is 0 Å². The van der Waals surface area contributed by atoms with Crippen molar-refractivity contribution in [3.63, 3.8) is 0 Å². The van der Waals surface area contributed by atoms with Gasteiger partial charge in [-0.15, -0.1) is 0 Å². The zero-order valence-electron chi connectivity index (χ0n) is 16.6. The molecule has 1 N–H and O–H groups in total. The van der Waals surface area contributed by atoms with Crippen LogP contribution in [0, 0.1) is 17.0 Å². The number of rotatable bonds is 4. The van der Waals surface area contributed by atoms with Gasteiger partial charge < -0.3 is 5.11 Å². The van der Waals surface area contributed by atoms with Crippen molar-refractivity contribution in [2.24, 2.45) is 0 Å². The Bertz CT molecular complexity index is 1220. The molecule has 0 aromatic heterocycles. The second-order valence-corrected chi connectivity index (χ2v) is 7.22. The topological polar surface area (TPSA) is 101 Å². The van der Waals surface area contributed by atoms with E-state index in [4.69, 9.17) is 0 Å². The Morgan fingerprint density at radius 1 is 0.968 bits per heavy atom. The number of ketones is 1. The summed E-state index contributed by atoms with van der Waals surface area (Å²) in [6, 6.07) is 20.3. The van der Waals surface area contributed by atoms with E-state index >= 15 is 0 Å². The quantitative estimate of drug-likeness (QED) is 0.222. The van der Waals surface area contributed by atoms with Crippen molar-refractivity contribution in [1.29, 1.82) is 0 Å². The molecule has 3 aromatic carbocycles. The van der Waals surface area contributed by atoms with Crippen LogP contribution in [0.15, 0.2) is 84.4 Å². The number of hydrogen-bond donors (Lipinski definition) is 1. The van der Waals surface area contributed by atoms with Crippen molar-refractivity contribution in [3.05, 3.63) is 111 Å². The number of aryl methyl sites for hydroxylation is 1. The maximum atomic E-state index is 13.0. The van der Waals surface area contributed by atoms with Gasteiger partial charge in [0.1, 0.15) is 5.76 Å². The van der Waals surface area contributed by atoms with Crippen LogP contribution in [0.3, 0.4) is 0 Å². The first-order valence-corrected chi connectivity index (χ1v) is 9.56. The number of nitro benzene ring substituents is 1. The van der Waals surface area contributed by atoms with E-state index < -0.39 is 22.7 Å². The standard InChI is InChI=1S/C24H18N2O5/c1-15-6-5-9-19(14-15)25-21(16-10-12-18(13-11-16)26(30)31)20(23(28)24(25)29)22(27)17-7-3-2-4-8-17/h2-14,21,27H,1H3/t21-/m0/s1. The first-order valence-electron chi connectivity index (χ1n) is 9.56. The Morgan fingerprint density at radius 3 is 2.26 bits per heavy atom. The van der Waals surface area contributed by atoms with Gasteiger partial charge in [-0.3, -0.25) is 24.6 Å². The summed E-state index contributed by atoms with van der Waals surface area (Å²) in [6.45, 7) is 1.87. The van der Waals surface area contributed by atoms with Gasteiger partial charge in [0.2, 0.25) is 0 Å². The molecule has 1 aliphatic rings. The van der Waals surface area contributed by atoms with Gasteiger partial charge in [-0.05, 0) is 42.3 Å². The van der Waals surface area contributed by atoms with Gasteiger partial charge in [0.05, 0.1) is 16.5 Å². The summed E-state index contributed by atoms with van der Waals surface area (Å²) in [4.78, 5) is 37.9. The van der Waals surface area contributed by atoms with Crippen LogP contribution in [0.2, 0.25) is 0 Å². The number of hydrogen-bond acceptors (Lipinski definition) is 5. The second-order valence-electron chi connectivity index (χ2n) is 7.22. The molecule has 1 aliphatic heterocycles. The molecule has 0 spiro atoms. The lowest BCUT2D eigenvalue weighted by molar-refractivity contribution is -0.384. The molecular formula is C24H18N2O5. The molecule has 0 saturated carbocycles. The third-order valence-corrected chi connectivity index (χ3v) is 5.19. The average molecular weight is 414 g/mol. The third kappa shape index (κ3) is 3.57. The molecule has 1 saturated heterocycles. The van der Waals surface area contributed by atoms with E-state index in [2.05, 4.69) is 0 Å². The number of nitrogens with zero attached hydrogens (tertiary/aromatic N) is 2. The highest BCUT2D eigenvalue weighted by Gasteiger charge is 2.47. The van der Waals surface area contributed by atoms with Crippen LogP contribution < -0.4 is 4.90 Å². The fraction of sp³-hybridized carbons (Fsp3) is 0.0833. The number of anilines is 1. The Kier molecular flexibility index (Phi) is 5.09. The van der Waals surface area contributed by atoms with E-state index in [0.717, 1.165) is 5.56 Å². The molecule has 0 unspecified atom stereocenters. The fourth-order valence-electron chi connectivity index (χ4n) is 3.72. The summed E-state index contributed by atoms with van der Waals surface area (Å²) in [5, 5.41) is 22.0. The number of non-ortho nitro benzene ring substituents is 1. The number of carbonyl (C=O) groups excluding carboxylic acids is 2. The Labute approximate surface area is 178 Å². The molecule has 7 heteroatoms. The summed E-state index contributed by atoms with van der Waals surface area (Å²) in [6.07, 6.45) is 0. The van der Waals surface area contributed by atoms with Crippen LogP contribution in [0.5, 0.6) is 0 Å². The highest BCUT2D eigenvalue weighted by Crippen LogP contribution is 2.42. The summed E-state index contributed by atoms with van der Waals surface area (Å²) < 4.78 is 0. The van der Waals surface area contributed by atoms with Crippen molar-refractivity contribution in [3.8, 4) is 0 Å². The van der Waals surface area contributed by atoms with E-state index in [1.165, 1.54) is 29.2 Å². The Hall–Kier alpha value is -4.26. The molecule has 31 heavy (non-hydrogen) atoms. The molecule has 1 fully saturated rings. The number of nitro groups is 1. The lowest BCUT2D eigenvalue weighted by Crippen LogP contribution is -2.29. The molecule has 1 atom stereocenters. The lowest BCUT2D eigenvalue weighted by atomic mass is 9.95. The molecular weight excluding hydrogens is 396 g/mol. The Morgan fingerprint density at radius 2 is 1.65 bits per heavy atom. The van der Waals surface area contributed by atoms with Gasteiger partial charge >= 0.3 is 0 Å². The van der Waals surface area contributed by atoms with E-state index in [0.29, 0.717) is 16.8 Å². The van der Waals surface area contributed by atoms with Gasteiger partial charge in [-0.25, -0.2) is 0 Å². The zero-order chi connectivity index (χ0) is 22.1. The van der Waals surface area contributed by atoms with Crippen LogP contribution in [0.25, 0.3) is 5.76 Å². The molecule has 0 bridgehead atoms. The van der Waals surface area contributed by atoms with E-state index in [9.17, 15) is 24.8 Å². The maximum absolute atomic E-state index is 13.0. The predicted octanol–water partition coefficient (Wildman–Crippen LogP) is 4.53. The van der Waals surface area contributed by atoms with Crippen LogP contribution in [0.4, 0.5) is 11.4 Å². The van der Waals surface area contributed by atoms with Crippen molar-refractivity contribution in [2.75, 3.05) is 4.90 Å². The van der Waals surface area contributed by atoms with Crippen LogP contribution in [0.1, 0.15) is 22.7 Å². The molecule has 1 heterocycles. The third-order valence-electron chi connectivity index (χ3n) is 5.19. The number of aliphatic hydroxyl groups excluding tert-OH is 1. The molecule has 4 rings (SSSR count).